The van der Waals surface area contributed by atoms with Crippen LogP contribution in [0, 0.1) is 0 Å². The van der Waals surface area contributed by atoms with Crippen molar-refractivity contribution in [1.82, 2.24) is 0 Å². The highest BCUT2D eigenvalue weighted by molar-refractivity contribution is 7.90. The Bertz CT molecular complexity index is 1080. The van der Waals surface area contributed by atoms with E-state index in [1.165, 1.54) is 6.26 Å². The molecule has 1 N–H and O–H groups in total. The molecule has 29 heavy (non-hydrogen) atoms. The van der Waals surface area contributed by atoms with Crippen LogP contribution in [-0.2, 0) is 16.3 Å². The number of amides is 1. The summed E-state index contributed by atoms with van der Waals surface area (Å²) in [5.41, 5.74) is 3.27. The molecule has 0 radical (unpaired) electrons. The quantitative estimate of drug-likeness (QED) is 0.611. The van der Waals surface area contributed by atoms with Crippen LogP contribution >= 0.6 is 0 Å². The zero-order valence-corrected chi connectivity index (χ0v) is 17.0. The topological polar surface area (TPSA) is 72.5 Å². The van der Waals surface area contributed by atoms with Crippen molar-refractivity contribution in [3.05, 3.63) is 95.6 Å². The Labute approximate surface area is 171 Å². The van der Waals surface area contributed by atoms with E-state index in [0.717, 1.165) is 11.1 Å². The van der Waals surface area contributed by atoms with Gasteiger partial charge in [0.15, 0.2) is 9.84 Å². The van der Waals surface area contributed by atoms with E-state index >= 15 is 0 Å². The van der Waals surface area contributed by atoms with Crippen molar-refractivity contribution < 1.29 is 17.9 Å². The summed E-state index contributed by atoms with van der Waals surface area (Å²) < 4.78 is 27.9. The SMILES string of the molecule is CS(=O)(=O)CCOc1cccc(NC(=O)c2ccccc2Cc2ccccc2)c1. The van der Waals surface area contributed by atoms with Gasteiger partial charge >= 0.3 is 0 Å². The number of carbonyl (C=O) groups excluding carboxylic acids is 1. The highest BCUT2D eigenvalue weighted by Gasteiger charge is 2.12. The summed E-state index contributed by atoms with van der Waals surface area (Å²) in [6.07, 6.45) is 1.83. The third kappa shape index (κ3) is 6.47. The first-order chi connectivity index (χ1) is 13.9. The van der Waals surface area contributed by atoms with Crippen LogP contribution in [0.3, 0.4) is 0 Å². The van der Waals surface area contributed by atoms with E-state index in [1.54, 1.807) is 30.3 Å². The van der Waals surface area contributed by atoms with Crippen molar-refractivity contribution in [2.75, 3.05) is 23.9 Å². The van der Waals surface area contributed by atoms with Crippen LogP contribution in [0.1, 0.15) is 21.5 Å². The van der Waals surface area contributed by atoms with E-state index in [1.807, 2.05) is 48.5 Å². The summed E-state index contributed by atoms with van der Waals surface area (Å²) in [4.78, 5) is 12.9. The van der Waals surface area contributed by atoms with E-state index in [0.29, 0.717) is 23.4 Å². The van der Waals surface area contributed by atoms with Gasteiger partial charge in [0.25, 0.3) is 5.91 Å². The summed E-state index contributed by atoms with van der Waals surface area (Å²) in [6.45, 7) is 0.0656. The average molecular weight is 410 g/mol. The van der Waals surface area contributed by atoms with E-state index in [4.69, 9.17) is 4.74 Å². The number of sulfone groups is 1. The monoisotopic (exact) mass is 409 g/mol. The summed E-state index contributed by atoms with van der Waals surface area (Å²) in [6, 6.07) is 24.4. The van der Waals surface area contributed by atoms with Gasteiger partial charge < -0.3 is 10.1 Å². The van der Waals surface area contributed by atoms with E-state index in [-0.39, 0.29) is 18.3 Å². The maximum atomic E-state index is 12.9. The van der Waals surface area contributed by atoms with Crippen LogP contribution < -0.4 is 10.1 Å². The van der Waals surface area contributed by atoms with Crippen LogP contribution in [0.15, 0.2) is 78.9 Å². The number of ether oxygens (including phenoxy) is 1. The molecule has 0 aromatic heterocycles. The fraction of sp³-hybridized carbons (Fsp3) is 0.174. The Morgan fingerprint density at radius 1 is 0.931 bits per heavy atom. The molecule has 0 bridgehead atoms. The summed E-state index contributed by atoms with van der Waals surface area (Å²) in [5.74, 6) is 0.241. The van der Waals surface area contributed by atoms with Crippen LogP contribution in [0.2, 0.25) is 0 Å². The molecule has 0 atom stereocenters. The Hall–Kier alpha value is -3.12. The van der Waals surface area contributed by atoms with Crippen molar-refractivity contribution >= 4 is 21.4 Å². The summed E-state index contributed by atoms with van der Waals surface area (Å²) in [7, 11) is -3.08. The number of rotatable bonds is 8. The van der Waals surface area contributed by atoms with Crippen molar-refractivity contribution in [1.29, 1.82) is 0 Å². The number of hydrogen-bond acceptors (Lipinski definition) is 4. The first-order valence-corrected chi connectivity index (χ1v) is 11.3. The lowest BCUT2D eigenvalue weighted by Crippen LogP contribution is -2.15. The molecule has 0 unspecified atom stereocenters. The van der Waals surface area contributed by atoms with Crippen molar-refractivity contribution in [2.24, 2.45) is 0 Å². The number of hydrogen-bond donors (Lipinski definition) is 1. The second-order valence-electron chi connectivity index (χ2n) is 6.78. The highest BCUT2D eigenvalue weighted by Crippen LogP contribution is 2.20. The maximum absolute atomic E-state index is 12.9. The molecular formula is C23H23NO4S. The molecule has 3 aromatic rings. The molecule has 6 heteroatoms. The van der Waals surface area contributed by atoms with Gasteiger partial charge in [0.1, 0.15) is 12.4 Å². The molecule has 0 aliphatic heterocycles. The first-order valence-electron chi connectivity index (χ1n) is 9.24. The minimum atomic E-state index is -3.08. The number of benzene rings is 3. The molecule has 0 aliphatic carbocycles. The molecule has 3 aromatic carbocycles. The largest absolute Gasteiger partial charge is 0.492 e. The third-order valence-corrected chi connectivity index (χ3v) is 5.22. The van der Waals surface area contributed by atoms with Gasteiger partial charge in [0, 0.05) is 23.6 Å². The van der Waals surface area contributed by atoms with Crippen LogP contribution in [-0.4, -0.2) is 32.9 Å². The van der Waals surface area contributed by atoms with Gasteiger partial charge in [-0.2, -0.15) is 0 Å². The minimum Gasteiger partial charge on any atom is -0.492 e. The number of nitrogens with one attached hydrogen (secondary N) is 1. The molecule has 0 saturated carbocycles. The second-order valence-corrected chi connectivity index (χ2v) is 9.04. The van der Waals surface area contributed by atoms with Crippen LogP contribution in [0.5, 0.6) is 5.75 Å². The third-order valence-electron chi connectivity index (χ3n) is 4.31. The van der Waals surface area contributed by atoms with Gasteiger partial charge in [0.05, 0.1) is 5.75 Å². The van der Waals surface area contributed by atoms with Crippen LogP contribution in [0.4, 0.5) is 5.69 Å². The zero-order chi connectivity index (χ0) is 20.7. The van der Waals surface area contributed by atoms with E-state index in [2.05, 4.69) is 5.32 Å². The summed E-state index contributed by atoms with van der Waals surface area (Å²) >= 11 is 0. The van der Waals surface area contributed by atoms with E-state index in [9.17, 15) is 13.2 Å². The fourth-order valence-electron chi connectivity index (χ4n) is 2.88. The molecule has 0 fully saturated rings. The molecule has 150 valence electrons. The van der Waals surface area contributed by atoms with Gasteiger partial charge in [-0.1, -0.05) is 54.6 Å². The highest BCUT2D eigenvalue weighted by atomic mass is 32.2. The van der Waals surface area contributed by atoms with Crippen molar-refractivity contribution in [3.8, 4) is 5.75 Å². The molecule has 5 nitrogen and oxygen atoms in total. The van der Waals surface area contributed by atoms with Gasteiger partial charge in [0.2, 0.25) is 0 Å². The molecule has 0 spiro atoms. The first kappa shape index (κ1) is 20.6. The molecule has 3 rings (SSSR count). The lowest BCUT2D eigenvalue weighted by Gasteiger charge is -2.12. The maximum Gasteiger partial charge on any atom is 0.255 e. The Morgan fingerprint density at radius 2 is 1.66 bits per heavy atom. The lowest BCUT2D eigenvalue weighted by atomic mass is 9.99. The molecule has 1 amide bonds. The predicted octanol–water partition coefficient (Wildman–Crippen LogP) is 3.95. The molecule has 0 saturated heterocycles. The predicted molar refractivity (Wildman–Crippen MR) is 115 cm³/mol. The van der Waals surface area contributed by atoms with Crippen molar-refractivity contribution in [3.63, 3.8) is 0 Å². The van der Waals surface area contributed by atoms with Gasteiger partial charge in [-0.05, 0) is 35.7 Å². The van der Waals surface area contributed by atoms with E-state index < -0.39 is 9.84 Å². The smallest absolute Gasteiger partial charge is 0.255 e. The Morgan fingerprint density at radius 3 is 2.41 bits per heavy atom. The van der Waals surface area contributed by atoms with Gasteiger partial charge in [-0.15, -0.1) is 0 Å². The molecular weight excluding hydrogens is 386 g/mol. The standard InChI is InChI=1S/C23H23NO4S/c1-29(26,27)15-14-28-21-12-7-11-20(17-21)24-23(25)22-13-6-5-10-19(22)16-18-8-3-2-4-9-18/h2-13,17H,14-16H2,1H3,(H,24,25). The van der Waals surface area contributed by atoms with Crippen LogP contribution in [0.25, 0.3) is 0 Å². The normalized spacial score (nSPS) is 11.1. The lowest BCUT2D eigenvalue weighted by molar-refractivity contribution is 0.102. The zero-order valence-electron chi connectivity index (χ0n) is 16.2. The van der Waals surface area contributed by atoms with Gasteiger partial charge in [-0.3, -0.25) is 4.79 Å². The Kier molecular flexibility index (Phi) is 6.67. The number of carbonyl (C=O) groups is 1. The summed E-state index contributed by atoms with van der Waals surface area (Å²) in [5, 5.41) is 2.89. The molecule has 0 heterocycles. The average Bonchev–Trinajstić information content (AvgIpc) is 2.68. The Balaban J connectivity index is 1.70. The second kappa shape index (κ2) is 9.39. The molecule has 0 aliphatic rings. The van der Waals surface area contributed by atoms with Gasteiger partial charge in [-0.25, -0.2) is 8.42 Å². The minimum absolute atomic E-state index is 0.0591. The fourth-order valence-corrected chi connectivity index (χ4v) is 3.27. The van der Waals surface area contributed by atoms with Crippen molar-refractivity contribution in [2.45, 2.75) is 6.42 Å². The number of anilines is 1.